The average Bonchev–Trinajstić information content (AvgIpc) is 2.90. The Morgan fingerprint density at radius 1 is 1.00 bits per heavy atom. The standard InChI is InChI=1S/C16H10FN3O/c17-11-2-4-12-10(7-11)8-14(19-12)13-3-1-9-5-6-18-16(21)15(9)20-13/h1-8,19H,(H,18,21). The van der Waals surface area contributed by atoms with Gasteiger partial charge in [-0.2, -0.15) is 0 Å². The van der Waals surface area contributed by atoms with Gasteiger partial charge in [-0.3, -0.25) is 4.79 Å². The third-order valence-corrected chi connectivity index (χ3v) is 3.48. The Kier molecular flexibility index (Phi) is 2.41. The maximum Gasteiger partial charge on any atom is 0.274 e. The van der Waals surface area contributed by atoms with Crippen LogP contribution in [0, 0.1) is 5.82 Å². The molecule has 3 heterocycles. The first-order chi connectivity index (χ1) is 10.2. The molecule has 5 heteroatoms. The van der Waals surface area contributed by atoms with Gasteiger partial charge in [0.2, 0.25) is 0 Å². The molecule has 102 valence electrons. The Morgan fingerprint density at radius 2 is 1.90 bits per heavy atom. The number of aromatic amines is 2. The third kappa shape index (κ3) is 1.90. The molecular formula is C16H10FN3O. The number of nitrogens with one attached hydrogen (secondary N) is 2. The first-order valence-corrected chi connectivity index (χ1v) is 6.48. The largest absolute Gasteiger partial charge is 0.353 e. The minimum atomic E-state index is -0.282. The molecule has 2 N–H and O–H groups in total. The number of nitrogens with zero attached hydrogens (tertiary/aromatic N) is 1. The molecule has 4 rings (SSSR count). The van der Waals surface area contributed by atoms with Crippen LogP contribution < -0.4 is 5.56 Å². The van der Waals surface area contributed by atoms with Crippen molar-refractivity contribution in [3.05, 3.63) is 64.8 Å². The van der Waals surface area contributed by atoms with Crippen LogP contribution in [0.4, 0.5) is 4.39 Å². The molecule has 0 saturated heterocycles. The minimum absolute atomic E-state index is 0.225. The highest BCUT2D eigenvalue weighted by Crippen LogP contribution is 2.24. The van der Waals surface area contributed by atoms with E-state index in [4.69, 9.17) is 0 Å². The number of aromatic nitrogens is 3. The van der Waals surface area contributed by atoms with Crippen LogP contribution in [0.3, 0.4) is 0 Å². The van der Waals surface area contributed by atoms with Crippen LogP contribution in [-0.4, -0.2) is 15.0 Å². The molecule has 1 aromatic carbocycles. The number of hydrogen-bond acceptors (Lipinski definition) is 2. The highest BCUT2D eigenvalue weighted by Gasteiger charge is 2.07. The van der Waals surface area contributed by atoms with Gasteiger partial charge in [-0.1, -0.05) is 6.07 Å². The Morgan fingerprint density at radius 3 is 2.81 bits per heavy atom. The van der Waals surface area contributed by atoms with Crippen LogP contribution in [0.25, 0.3) is 33.2 Å². The minimum Gasteiger partial charge on any atom is -0.353 e. The lowest BCUT2D eigenvalue weighted by molar-refractivity contribution is 0.630. The van der Waals surface area contributed by atoms with Crippen molar-refractivity contribution in [2.45, 2.75) is 0 Å². The second-order valence-electron chi connectivity index (χ2n) is 4.86. The fourth-order valence-electron chi connectivity index (χ4n) is 2.45. The maximum atomic E-state index is 13.2. The summed E-state index contributed by atoms with van der Waals surface area (Å²) < 4.78 is 13.2. The molecule has 4 aromatic rings. The van der Waals surface area contributed by atoms with Crippen molar-refractivity contribution in [1.82, 2.24) is 15.0 Å². The average molecular weight is 279 g/mol. The zero-order valence-corrected chi connectivity index (χ0v) is 10.9. The van der Waals surface area contributed by atoms with Crippen molar-refractivity contribution in [3.63, 3.8) is 0 Å². The molecule has 0 unspecified atom stereocenters. The van der Waals surface area contributed by atoms with E-state index in [1.54, 1.807) is 18.3 Å². The number of rotatable bonds is 1. The zero-order chi connectivity index (χ0) is 14.4. The topological polar surface area (TPSA) is 61.5 Å². The number of hydrogen-bond donors (Lipinski definition) is 2. The highest BCUT2D eigenvalue weighted by molar-refractivity contribution is 5.87. The van der Waals surface area contributed by atoms with Crippen LogP contribution in [0.2, 0.25) is 0 Å². The molecule has 0 radical (unpaired) electrons. The van der Waals surface area contributed by atoms with Gasteiger partial charge in [0.15, 0.2) is 0 Å². The van der Waals surface area contributed by atoms with E-state index in [0.717, 1.165) is 22.0 Å². The summed E-state index contributed by atoms with van der Waals surface area (Å²) in [5.74, 6) is -0.282. The predicted octanol–water partition coefficient (Wildman–Crippen LogP) is 3.21. The van der Waals surface area contributed by atoms with Gasteiger partial charge in [0, 0.05) is 22.5 Å². The summed E-state index contributed by atoms with van der Waals surface area (Å²) in [5.41, 5.74) is 2.39. The molecule has 0 saturated carbocycles. The molecule has 0 amide bonds. The van der Waals surface area contributed by atoms with E-state index in [-0.39, 0.29) is 11.4 Å². The van der Waals surface area contributed by atoms with Crippen LogP contribution in [-0.2, 0) is 0 Å². The van der Waals surface area contributed by atoms with Crippen molar-refractivity contribution in [1.29, 1.82) is 0 Å². The lowest BCUT2D eigenvalue weighted by Crippen LogP contribution is -2.06. The van der Waals surface area contributed by atoms with Gasteiger partial charge in [0.25, 0.3) is 5.56 Å². The molecule has 0 aliphatic heterocycles. The van der Waals surface area contributed by atoms with Gasteiger partial charge in [-0.15, -0.1) is 0 Å². The van der Waals surface area contributed by atoms with Crippen molar-refractivity contribution < 1.29 is 4.39 Å². The molecule has 0 bridgehead atoms. The monoisotopic (exact) mass is 279 g/mol. The summed E-state index contributed by atoms with van der Waals surface area (Å²) in [5, 5.41) is 1.55. The van der Waals surface area contributed by atoms with Crippen molar-refractivity contribution in [2.75, 3.05) is 0 Å². The third-order valence-electron chi connectivity index (χ3n) is 3.48. The van der Waals surface area contributed by atoms with Crippen molar-refractivity contribution in [2.24, 2.45) is 0 Å². The predicted molar refractivity (Wildman–Crippen MR) is 79.6 cm³/mol. The fraction of sp³-hybridized carbons (Fsp3) is 0. The van der Waals surface area contributed by atoms with Gasteiger partial charge < -0.3 is 9.97 Å². The second-order valence-corrected chi connectivity index (χ2v) is 4.86. The quantitative estimate of drug-likeness (QED) is 0.562. The molecule has 4 nitrogen and oxygen atoms in total. The lowest BCUT2D eigenvalue weighted by Gasteiger charge is -2.00. The van der Waals surface area contributed by atoms with E-state index < -0.39 is 0 Å². The molecule has 21 heavy (non-hydrogen) atoms. The van der Waals surface area contributed by atoms with Gasteiger partial charge in [-0.05, 0) is 36.4 Å². The molecule has 0 atom stereocenters. The normalized spacial score (nSPS) is 11.3. The van der Waals surface area contributed by atoms with E-state index in [2.05, 4.69) is 15.0 Å². The summed E-state index contributed by atoms with van der Waals surface area (Å²) in [4.78, 5) is 22.0. The van der Waals surface area contributed by atoms with Crippen molar-refractivity contribution >= 4 is 21.8 Å². The maximum absolute atomic E-state index is 13.2. The smallest absolute Gasteiger partial charge is 0.274 e. The summed E-state index contributed by atoms with van der Waals surface area (Å²) in [6, 6.07) is 11.9. The van der Waals surface area contributed by atoms with Crippen LogP contribution >= 0.6 is 0 Å². The number of benzene rings is 1. The SMILES string of the molecule is O=c1[nH]ccc2ccc(-c3cc4cc(F)ccc4[nH]3)nc12. The van der Waals surface area contributed by atoms with E-state index in [1.807, 2.05) is 18.2 Å². The first-order valence-electron chi connectivity index (χ1n) is 6.48. The molecule has 0 fully saturated rings. The van der Waals surface area contributed by atoms with Gasteiger partial charge in [0.1, 0.15) is 11.3 Å². The summed E-state index contributed by atoms with van der Waals surface area (Å²) in [7, 11) is 0. The van der Waals surface area contributed by atoms with Crippen LogP contribution in [0.15, 0.2) is 53.5 Å². The zero-order valence-electron chi connectivity index (χ0n) is 10.9. The molecule has 0 spiro atoms. The molecule has 0 aliphatic rings. The number of halogens is 1. The van der Waals surface area contributed by atoms with Gasteiger partial charge in [-0.25, -0.2) is 9.37 Å². The fourth-order valence-corrected chi connectivity index (χ4v) is 2.45. The Balaban J connectivity index is 1.95. The van der Waals surface area contributed by atoms with Gasteiger partial charge >= 0.3 is 0 Å². The summed E-state index contributed by atoms with van der Waals surface area (Å²) in [6.07, 6.45) is 1.59. The number of pyridine rings is 2. The first kappa shape index (κ1) is 11.8. The number of fused-ring (bicyclic) bond motifs is 2. The van der Waals surface area contributed by atoms with Crippen LogP contribution in [0.1, 0.15) is 0 Å². The van der Waals surface area contributed by atoms with E-state index in [0.29, 0.717) is 11.2 Å². The Hall–Kier alpha value is -2.95. The molecule has 0 aliphatic carbocycles. The second kappa shape index (κ2) is 4.28. The van der Waals surface area contributed by atoms with Crippen molar-refractivity contribution in [3.8, 4) is 11.4 Å². The molecular weight excluding hydrogens is 269 g/mol. The Bertz CT molecular complexity index is 1030. The van der Waals surface area contributed by atoms with E-state index in [1.165, 1.54) is 12.1 Å². The number of H-pyrrole nitrogens is 2. The van der Waals surface area contributed by atoms with E-state index >= 15 is 0 Å². The molecule has 3 aromatic heterocycles. The highest BCUT2D eigenvalue weighted by atomic mass is 19.1. The van der Waals surface area contributed by atoms with Crippen LogP contribution in [0.5, 0.6) is 0 Å². The van der Waals surface area contributed by atoms with Gasteiger partial charge in [0.05, 0.1) is 11.4 Å². The summed E-state index contributed by atoms with van der Waals surface area (Å²) in [6.45, 7) is 0. The summed E-state index contributed by atoms with van der Waals surface area (Å²) >= 11 is 0. The Labute approximate surface area is 118 Å². The van der Waals surface area contributed by atoms with E-state index in [9.17, 15) is 9.18 Å². The lowest BCUT2D eigenvalue weighted by atomic mass is 10.2.